The molecule has 1 saturated heterocycles. The zero-order chi connectivity index (χ0) is 13.5. The molecule has 1 aliphatic rings. The van der Waals surface area contributed by atoms with Crippen molar-refractivity contribution in [2.45, 2.75) is 38.4 Å². The average Bonchev–Trinajstić information content (AvgIpc) is 2.88. The zero-order valence-electron chi connectivity index (χ0n) is 11.5. The van der Waals surface area contributed by atoms with E-state index < -0.39 is 0 Å². The summed E-state index contributed by atoms with van der Waals surface area (Å²) < 4.78 is 2.21. The van der Waals surface area contributed by atoms with Gasteiger partial charge in [0, 0.05) is 30.0 Å². The number of imidazole rings is 1. The van der Waals surface area contributed by atoms with E-state index in [2.05, 4.69) is 50.7 Å². The van der Waals surface area contributed by atoms with Crippen LogP contribution in [0.4, 0.5) is 5.82 Å². The van der Waals surface area contributed by atoms with E-state index in [1.165, 1.54) is 30.8 Å². The maximum Gasteiger partial charge on any atom is 0.195 e. The summed E-state index contributed by atoms with van der Waals surface area (Å²) in [5.41, 5.74) is 1.76. The van der Waals surface area contributed by atoms with Crippen LogP contribution in [-0.4, -0.2) is 22.5 Å². The molecular weight excluding hydrogens is 322 g/mol. The summed E-state index contributed by atoms with van der Waals surface area (Å²) >= 11 is 5.33. The third-order valence-corrected chi connectivity index (χ3v) is 5.39. The Morgan fingerprint density at radius 2 is 2.21 bits per heavy atom. The third kappa shape index (κ3) is 2.55. The fraction of sp³-hybridized carbons (Fsp3) is 0.643. The van der Waals surface area contributed by atoms with Gasteiger partial charge in [-0.3, -0.25) is 4.40 Å². The summed E-state index contributed by atoms with van der Waals surface area (Å²) in [4.78, 5) is 8.42. The number of alkyl halides is 1. The largest absolute Gasteiger partial charge is 0.355 e. The highest BCUT2D eigenvalue weighted by Gasteiger charge is 2.26. The second-order valence-electron chi connectivity index (χ2n) is 6.08. The summed E-state index contributed by atoms with van der Waals surface area (Å²) in [7, 11) is 0. The van der Waals surface area contributed by atoms with E-state index in [4.69, 9.17) is 4.98 Å². The van der Waals surface area contributed by atoms with E-state index in [1.807, 2.05) is 0 Å². The van der Waals surface area contributed by atoms with Gasteiger partial charge in [-0.2, -0.15) is 0 Å². The zero-order valence-corrected chi connectivity index (χ0v) is 13.9. The van der Waals surface area contributed by atoms with Crippen LogP contribution < -0.4 is 4.90 Å². The van der Waals surface area contributed by atoms with E-state index in [0.29, 0.717) is 5.41 Å². The molecule has 1 aliphatic heterocycles. The molecule has 0 aromatic carbocycles. The predicted octanol–water partition coefficient (Wildman–Crippen LogP) is 4.31. The highest BCUT2D eigenvalue weighted by Crippen LogP contribution is 2.33. The van der Waals surface area contributed by atoms with Crippen molar-refractivity contribution in [2.24, 2.45) is 5.41 Å². The van der Waals surface area contributed by atoms with E-state index in [0.717, 1.165) is 23.4 Å². The first-order valence-corrected chi connectivity index (χ1v) is 8.86. The fourth-order valence-electron chi connectivity index (χ4n) is 2.83. The van der Waals surface area contributed by atoms with Crippen molar-refractivity contribution in [1.29, 1.82) is 0 Å². The molecule has 0 spiro atoms. The van der Waals surface area contributed by atoms with Gasteiger partial charge < -0.3 is 4.90 Å². The second-order valence-corrected chi connectivity index (χ2v) is 7.51. The van der Waals surface area contributed by atoms with Gasteiger partial charge in [0.25, 0.3) is 0 Å². The molecule has 3 heterocycles. The second kappa shape index (κ2) is 5.09. The summed E-state index contributed by atoms with van der Waals surface area (Å²) in [5, 5.41) is 2.96. The number of anilines is 1. The Balaban J connectivity index is 1.93. The van der Waals surface area contributed by atoms with E-state index >= 15 is 0 Å². The van der Waals surface area contributed by atoms with Gasteiger partial charge in [-0.05, 0) is 24.7 Å². The van der Waals surface area contributed by atoms with E-state index in [-0.39, 0.29) is 0 Å². The van der Waals surface area contributed by atoms with Gasteiger partial charge in [0.2, 0.25) is 0 Å². The Morgan fingerprint density at radius 1 is 1.37 bits per heavy atom. The first-order valence-electron chi connectivity index (χ1n) is 6.86. The van der Waals surface area contributed by atoms with Crippen LogP contribution in [0.5, 0.6) is 0 Å². The Labute approximate surface area is 126 Å². The van der Waals surface area contributed by atoms with Gasteiger partial charge in [0.1, 0.15) is 0 Å². The fourth-order valence-corrected chi connectivity index (χ4v) is 4.08. The van der Waals surface area contributed by atoms with Crippen molar-refractivity contribution in [3.8, 4) is 0 Å². The first-order chi connectivity index (χ1) is 9.11. The number of rotatable bonds is 2. The van der Waals surface area contributed by atoms with Crippen LogP contribution in [0.3, 0.4) is 0 Å². The smallest absolute Gasteiger partial charge is 0.195 e. The molecule has 2 aromatic rings. The Kier molecular flexibility index (Phi) is 3.60. The minimum absolute atomic E-state index is 0.473. The van der Waals surface area contributed by atoms with Crippen molar-refractivity contribution >= 4 is 38.0 Å². The van der Waals surface area contributed by atoms with E-state index in [1.54, 1.807) is 11.3 Å². The van der Waals surface area contributed by atoms with Gasteiger partial charge >= 0.3 is 0 Å². The van der Waals surface area contributed by atoms with Gasteiger partial charge in [-0.25, -0.2) is 4.98 Å². The van der Waals surface area contributed by atoms with Gasteiger partial charge in [0.05, 0.1) is 5.69 Å². The molecule has 0 saturated carbocycles. The molecule has 1 fully saturated rings. The lowest BCUT2D eigenvalue weighted by Crippen LogP contribution is -2.26. The number of hydrogen-bond acceptors (Lipinski definition) is 3. The molecule has 3 nitrogen and oxygen atoms in total. The number of hydrogen-bond donors (Lipinski definition) is 0. The Bertz CT molecular complexity index is 572. The lowest BCUT2D eigenvalue weighted by molar-refractivity contribution is 0.325. The molecule has 2 aromatic heterocycles. The van der Waals surface area contributed by atoms with Crippen LogP contribution in [0, 0.1) is 5.41 Å². The molecule has 0 atom stereocenters. The molecule has 0 bridgehead atoms. The van der Waals surface area contributed by atoms with Crippen LogP contribution >= 0.6 is 27.3 Å². The number of thiazole rings is 1. The van der Waals surface area contributed by atoms with Crippen LogP contribution in [0.1, 0.15) is 38.8 Å². The third-order valence-electron chi connectivity index (χ3n) is 4.11. The standard InChI is InChI=1S/C14H20BrN3S/c1-14(2)4-3-6-17(7-5-14)12-11(10-15)18-8-9-19-13(18)16-12/h8-9H,3-7,10H2,1-2H3. The maximum absolute atomic E-state index is 4.83. The molecule has 104 valence electrons. The topological polar surface area (TPSA) is 20.5 Å². The lowest BCUT2D eigenvalue weighted by Gasteiger charge is -2.24. The monoisotopic (exact) mass is 341 g/mol. The first kappa shape index (κ1) is 13.4. The van der Waals surface area contributed by atoms with E-state index in [9.17, 15) is 0 Å². The molecule has 0 N–H and O–H groups in total. The van der Waals surface area contributed by atoms with Gasteiger partial charge in [-0.1, -0.05) is 29.8 Å². The normalized spacial score (nSPS) is 19.8. The predicted molar refractivity (Wildman–Crippen MR) is 85.5 cm³/mol. The van der Waals surface area contributed by atoms with Gasteiger partial charge in [-0.15, -0.1) is 11.3 Å². The minimum atomic E-state index is 0.473. The van der Waals surface area contributed by atoms with Crippen LogP contribution in [0.15, 0.2) is 11.6 Å². The molecular formula is C14H20BrN3S. The average molecular weight is 342 g/mol. The van der Waals surface area contributed by atoms with Crippen molar-refractivity contribution < 1.29 is 0 Å². The maximum atomic E-state index is 4.83. The number of nitrogens with zero attached hydrogens (tertiary/aromatic N) is 3. The molecule has 0 unspecified atom stereocenters. The minimum Gasteiger partial charge on any atom is -0.355 e. The summed E-state index contributed by atoms with van der Waals surface area (Å²) in [6, 6.07) is 0. The summed E-state index contributed by atoms with van der Waals surface area (Å²) in [5.74, 6) is 1.18. The van der Waals surface area contributed by atoms with Crippen LogP contribution in [0.2, 0.25) is 0 Å². The van der Waals surface area contributed by atoms with Crippen LogP contribution in [0.25, 0.3) is 4.96 Å². The van der Waals surface area contributed by atoms with Crippen molar-refractivity contribution in [2.75, 3.05) is 18.0 Å². The Hall–Kier alpha value is -0.550. The lowest BCUT2D eigenvalue weighted by atomic mass is 9.85. The highest BCUT2D eigenvalue weighted by atomic mass is 79.9. The Morgan fingerprint density at radius 3 is 3.00 bits per heavy atom. The highest BCUT2D eigenvalue weighted by molar-refractivity contribution is 9.08. The molecule has 19 heavy (non-hydrogen) atoms. The van der Waals surface area contributed by atoms with Crippen LogP contribution in [-0.2, 0) is 5.33 Å². The summed E-state index contributed by atoms with van der Waals surface area (Å²) in [6.45, 7) is 7.02. The molecule has 5 heteroatoms. The van der Waals surface area contributed by atoms with Crippen molar-refractivity contribution in [3.63, 3.8) is 0 Å². The number of fused-ring (bicyclic) bond motifs is 1. The number of halogens is 1. The number of aromatic nitrogens is 2. The molecule has 0 amide bonds. The van der Waals surface area contributed by atoms with Gasteiger partial charge in [0.15, 0.2) is 10.8 Å². The van der Waals surface area contributed by atoms with Crippen molar-refractivity contribution in [3.05, 3.63) is 17.3 Å². The molecule has 3 rings (SSSR count). The summed E-state index contributed by atoms with van der Waals surface area (Å²) in [6.07, 6.45) is 5.95. The molecule has 0 aliphatic carbocycles. The quantitative estimate of drug-likeness (QED) is 0.758. The molecule has 0 radical (unpaired) electrons. The van der Waals surface area contributed by atoms with Crippen molar-refractivity contribution in [1.82, 2.24) is 9.38 Å². The SMILES string of the molecule is CC1(C)CCCN(c2nc3sccn3c2CBr)CC1.